The van der Waals surface area contributed by atoms with Gasteiger partial charge in [-0.15, -0.1) is 0 Å². The van der Waals surface area contributed by atoms with E-state index in [1.807, 2.05) is 54.6 Å². The Labute approximate surface area is 215 Å². The molecule has 0 aliphatic heterocycles. The highest BCUT2D eigenvalue weighted by molar-refractivity contribution is 6.08. The Hall–Kier alpha value is -3.99. The Morgan fingerprint density at radius 2 is 1.78 bits per heavy atom. The van der Waals surface area contributed by atoms with Crippen LogP contribution < -0.4 is 5.63 Å². The van der Waals surface area contributed by atoms with Crippen LogP contribution in [0.1, 0.15) is 54.4 Å². The molecule has 0 spiro atoms. The number of carbonyl (C=O) groups excluding carboxylic acids is 1. The number of fused-ring (bicyclic) bond motifs is 5. The molecule has 5 nitrogen and oxygen atoms in total. The van der Waals surface area contributed by atoms with Crippen molar-refractivity contribution in [2.45, 2.75) is 46.6 Å². The van der Waals surface area contributed by atoms with Gasteiger partial charge >= 0.3 is 11.6 Å². The second-order valence-electron chi connectivity index (χ2n) is 11.1. The summed E-state index contributed by atoms with van der Waals surface area (Å²) in [4.78, 5) is 31.0. The predicted octanol–water partition coefficient (Wildman–Crippen LogP) is 7.00. The van der Waals surface area contributed by atoms with Gasteiger partial charge in [0.15, 0.2) is 0 Å². The quantitative estimate of drug-likeness (QED) is 0.154. The van der Waals surface area contributed by atoms with Gasteiger partial charge in [0, 0.05) is 28.1 Å². The Kier molecular flexibility index (Phi) is 5.59. The lowest BCUT2D eigenvalue weighted by Crippen LogP contribution is -2.29. The number of esters is 1. The van der Waals surface area contributed by atoms with Gasteiger partial charge in [-0.3, -0.25) is 4.98 Å². The van der Waals surface area contributed by atoms with Crippen molar-refractivity contribution in [2.24, 2.45) is 11.3 Å². The van der Waals surface area contributed by atoms with Gasteiger partial charge in [-0.05, 0) is 59.1 Å². The number of carbonyl (C=O) groups is 1. The van der Waals surface area contributed by atoms with E-state index in [9.17, 15) is 9.59 Å². The van der Waals surface area contributed by atoms with Crippen molar-refractivity contribution in [2.75, 3.05) is 0 Å². The van der Waals surface area contributed by atoms with E-state index in [2.05, 4.69) is 20.8 Å². The molecule has 0 saturated heterocycles. The van der Waals surface area contributed by atoms with E-state index in [0.29, 0.717) is 22.6 Å². The Morgan fingerprint density at radius 1 is 1.03 bits per heavy atom. The van der Waals surface area contributed by atoms with Crippen molar-refractivity contribution in [1.82, 2.24) is 4.98 Å². The van der Waals surface area contributed by atoms with Gasteiger partial charge in [-0.25, -0.2) is 9.59 Å². The molecule has 1 atom stereocenters. The maximum atomic E-state index is 13.8. The van der Waals surface area contributed by atoms with E-state index >= 15 is 0 Å². The molecule has 0 amide bonds. The van der Waals surface area contributed by atoms with Crippen molar-refractivity contribution in [1.29, 1.82) is 0 Å². The molecule has 1 unspecified atom stereocenters. The smallest absolute Gasteiger partial charge is 0.339 e. The monoisotopic (exact) mass is 491 g/mol. The first-order valence-corrected chi connectivity index (χ1v) is 12.8. The van der Waals surface area contributed by atoms with Crippen LogP contribution in [-0.4, -0.2) is 11.0 Å². The third-order valence-corrected chi connectivity index (χ3v) is 7.76. The normalized spacial score (nSPS) is 15.7. The number of hydrogen-bond acceptors (Lipinski definition) is 5. The number of pyridine rings is 1. The van der Waals surface area contributed by atoms with Gasteiger partial charge in [0.1, 0.15) is 12.2 Å². The first-order valence-electron chi connectivity index (χ1n) is 12.8. The lowest BCUT2D eigenvalue weighted by atomic mass is 9.70. The number of para-hydroxylation sites is 1. The van der Waals surface area contributed by atoms with Gasteiger partial charge < -0.3 is 9.15 Å². The first-order chi connectivity index (χ1) is 17.8. The Morgan fingerprint density at radius 3 is 2.59 bits per heavy atom. The Balaban J connectivity index is 1.43. The van der Waals surface area contributed by atoms with Gasteiger partial charge in [-0.2, -0.15) is 0 Å². The molecule has 0 bridgehead atoms. The highest BCUT2D eigenvalue weighted by atomic mass is 16.5. The number of rotatable bonds is 3. The largest absolute Gasteiger partial charge is 0.457 e. The molecule has 1 aliphatic rings. The number of benzene rings is 3. The summed E-state index contributed by atoms with van der Waals surface area (Å²) in [5.41, 5.74) is 4.18. The van der Waals surface area contributed by atoms with E-state index in [-0.39, 0.29) is 18.0 Å². The molecule has 0 radical (unpaired) electrons. The summed E-state index contributed by atoms with van der Waals surface area (Å²) in [6.45, 7) is 6.74. The number of hydrogen-bond donors (Lipinski definition) is 0. The summed E-state index contributed by atoms with van der Waals surface area (Å²) < 4.78 is 11.4. The van der Waals surface area contributed by atoms with E-state index < -0.39 is 5.63 Å². The van der Waals surface area contributed by atoms with Crippen LogP contribution in [0, 0.1) is 11.3 Å². The third-order valence-electron chi connectivity index (χ3n) is 7.76. The average molecular weight is 492 g/mol. The first kappa shape index (κ1) is 23.4. The van der Waals surface area contributed by atoms with Crippen molar-refractivity contribution in [3.8, 4) is 0 Å². The average Bonchev–Trinajstić information content (AvgIpc) is 2.89. The lowest BCUT2D eigenvalue weighted by molar-refractivity contribution is 0.0473. The minimum absolute atomic E-state index is 0.0247. The third kappa shape index (κ3) is 4.18. The van der Waals surface area contributed by atoms with E-state index in [1.54, 1.807) is 6.07 Å². The van der Waals surface area contributed by atoms with Crippen molar-refractivity contribution < 1.29 is 13.9 Å². The maximum absolute atomic E-state index is 13.8. The molecule has 5 heteroatoms. The minimum atomic E-state index is -0.464. The molecular weight excluding hydrogens is 462 g/mol. The SMILES string of the molecule is CC(C)(C)C1CCc2nc3ccccc3c(C(=O)OCc3cc(=O)oc4ccc5ccccc5c34)c2C1. The fraction of sp³-hybridized carbons (Fsp3) is 0.281. The molecule has 0 fully saturated rings. The van der Waals surface area contributed by atoms with Crippen molar-refractivity contribution in [3.05, 3.63) is 99.5 Å². The van der Waals surface area contributed by atoms with Crippen molar-refractivity contribution >= 4 is 38.6 Å². The Bertz CT molecular complexity index is 1740. The molecule has 3 aromatic carbocycles. The van der Waals surface area contributed by atoms with Crippen LogP contribution in [-0.2, 0) is 24.2 Å². The second kappa shape index (κ2) is 8.84. The van der Waals surface area contributed by atoms with E-state index in [0.717, 1.165) is 57.6 Å². The van der Waals surface area contributed by atoms with E-state index in [1.165, 1.54) is 6.07 Å². The molecule has 5 aromatic rings. The van der Waals surface area contributed by atoms with Gasteiger partial charge in [-0.1, -0.05) is 69.3 Å². The highest BCUT2D eigenvalue weighted by Gasteiger charge is 2.33. The lowest BCUT2D eigenvalue weighted by Gasteiger charge is -2.35. The molecule has 37 heavy (non-hydrogen) atoms. The molecule has 6 rings (SSSR count). The van der Waals surface area contributed by atoms with Gasteiger partial charge in [0.05, 0.1) is 11.1 Å². The number of nitrogens with zero attached hydrogens (tertiary/aromatic N) is 1. The van der Waals surface area contributed by atoms with Crippen molar-refractivity contribution in [3.63, 3.8) is 0 Å². The standard InChI is InChI=1S/C32H29NO4/c1-32(2,3)21-13-14-26-24(17-21)30(23-10-6-7-11-25(23)33-26)31(35)36-18-20-16-28(34)37-27-15-12-19-8-4-5-9-22(19)29(20)27/h4-12,15-16,21H,13-14,17-18H2,1-3H3. The fourth-order valence-electron chi connectivity index (χ4n) is 5.71. The topological polar surface area (TPSA) is 69.4 Å². The van der Waals surface area contributed by atoms with Gasteiger partial charge in [0.2, 0.25) is 0 Å². The highest BCUT2D eigenvalue weighted by Crippen LogP contribution is 2.39. The van der Waals surface area contributed by atoms with Crippen LogP contribution in [0.2, 0.25) is 0 Å². The van der Waals surface area contributed by atoms with Crippen LogP contribution >= 0.6 is 0 Å². The zero-order valence-corrected chi connectivity index (χ0v) is 21.3. The molecule has 186 valence electrons. The van der Waals surface area contributed by atoms with Gasteiger partial charge in [0.25, 0.3) is 0 Å². The van der Waals surface area contributed by atoms with Crippen LogP contribution in [0.3, 0.4) is 0 Å². The summed E-state index contributed by atoms with van der Waals surface area (Å²) >= 11 is 0. The fourth-order valence-corrected chi connectivity index (χ4v) is 5.71. The predicted molar refractivity (Wildman–Crippen MR) is 146 cm³/mol. The summed E-state index contributed by atoms with van der Waals surface area (Å²) in [7, 11) is 0. The summed E-state index contributed by atoms with van der Waals surface area (Å²) in [5.74, 6) is 0.0645. The maximum Gasteiger partial charge on any atom is 0.339 e. The molecule has 2 aromatic heterocycles. The van der Waals surface area contributed by atoms with Crippen LogP contribution in [0.5, 0.6) is 0 Å². The molecular formula is C32H29NO4. The summed E-state index contributed by atoms with van der Waals surface area (Å²) in [5, 5.41) is 3.58. The molecule has 0 saturated carbocycles. The number of ether oxygens (including phenoxy) is 1. The number of aryl methyl sites for hydroxylation is 1. The van der Waals surface area contributed by atoms with Crippen LogP contribution in [0.4, 0.5) is 0 Å². The molecule has 2 heterocycles. The molecule has 1 aliphatic carbocycles. The number of aromatic nitrogens is 1. The second-order valence-corrected chi connectivity index (χ2v) is 11.1. The zero-order valence-electron chi connectivity index (χ0n) is 21.3. The summed E-state index contributed by atoms with van der Waals surface area (Å²) in [6, 6.07) is 20.8. The van der Waals surface area contributed by atoms with Crippen LogP contribution in [0.25, 0.3) is 32.6 Å². The summed E-state index contributed by atoms with van der Waals surface area (Å²) in [6.07, 6.45) is 2.69. The van der Waals surface area contributed by atoms with Crippen LogP contribution in [0.15, 0.2) is 75.9 Å². The zero-order chi connectivity index (χ0) is 25.7. The molecule has 0 N–H and O–H groups in total. The minimum Gasteiger partial charge on any atom is -0.457 e. The van der Waals surface area contributed by atoms with E-state index in [4.69, 9.17) is 14.1 Å².